The lowest BCUT2D eigenvalue weighted by molar-refractivity contribution is -0.143. The molecule has 2 N–H and O–H groups in total. The van der Waals surface area contributed by atoms with E-state index in [1.165, 1.54) is 43.8 Å². The molecule has 0 fully saturated rings. The predicted molar refractivity (Wildman–Crippen MR) is 151 cm³/mol. The second kappa shape index (κ2) is 12.1. The second-order valence-corrected chi connectivity index (χ2v) is 9.22. The number of hydrogen-bond acceptors (Lipinski definition) is 7. The van der Waals surface area contributed by atoms with Crippen LogP contribution in [-0.2, 0) is 15.7 Å². The molecule has 216 valence electrons. The molecular formula is C31H22F3N5O4. The van der Waals surface area contributed by atoms with E-state index in [1.807, 2.05) is 0 Å². The Balaban J connectivity index is 1.34. The number of halogens is 3. The first-order valence-corrected chi connectivity index (χ1v) is 12.8. The van der Waals surface area contributed by atoms with Gasteiger partial charge in [-0.15, -0.1) is 0 Å². The summed E-state index contributed by atoms with van der Waals surface area (Å²) < 4.78 is 43.7. The van der Waals surface area contributed by atoms with Crippen molar-refractivity contribution >= 4 is 34.5 Å². The third-order valence-corrected chi connectivity index (χ3v) is 6.43. The lowest BCUT2D eigenvalue weighted by Gasteiger charge is -2.16. The van der Waals surface area contributed by atoms with Gasteiger partial charge in [-0.1, -0.05) is 18.2 Å². The van der Waals surface area contributed by atoms with Crippen LogP contribution in [0.2, 0.25) is 0 Å². The van der Waals surface area contributed by atoms with E-state index >= 15 is 0 Å². The number of anilines is 1. The van der Waals surface area contributed by atoms with Gasteiger partial charge in [0.1, 0.15) is 5.82 Å². The maximum Gasteiger partial charge on any atom is 0.416 e. The molecule has 0 saturated carbocycles. The number of alkyl halides is 3. The molecule has 3 heterocycles. The van der Waals surface area contributed by atoms with Gasteiger partial charge in [-0.05, 0) is 66.7 Å². The van der Waals surface area contributed by atoms with Gasteiger partial charge in [0.25, 0.3) is 11.8 Å². The molecule has 0 aliphatic heterocycles. The zero-order valence-corrected chi connectivity index (χ0v) is 22.4. The Bertz CT molecular complexity index is 1810. The quantitative estimate of drug-likeness (QED) is 0.238. The van der Waals surface area contributed by atoms with Gasteiger partial charge in [0.05, 0.1) is 35.1 Å². The van der Waals surface area contributed by atoms with E-state index in [2.05, 4.69) is 25.6 Å². The highest BCUT2D eigenvalue weighted by Crippen LogP contribution is 2.31. The predicted octanol–water partition coefficient (Wildman–Crippen LogP) is 5.61. The van der Waals surface area contributed by atoms with Gasteiger partial charge in [-0.2, -0.15) is 13.2 Å². The third kappa shape index (κ3) is 6.48. The Morgan fingerprint density at radius 3 is 2.30 bits per heavy atom. The smallest absolute Gasteiger partial charge is 0.416 e. The summed E-state index contributed by atoms with van der Waals surface area (Å²) in [5, 5.41) is 5.91. The van der Waals surface area contributed by atoms with E-state index in [0.717, 1.165) is 12.1 Å². The van der Waals surface area contributed by atoms with Crippen molar-refractivity contribution in [2.75, 3.05) is 12.4 Å². The molecule has 3 aromatic heterocycles. The molecule has 0 aliphatic carbocycles. The highest BCUT2D eigenvalue weighted by molar-refractivity contribution is 6.08. The number of nitrogens with one attached hydrogen (secondary N) is 2. The molecule has 0 saturated heterocycles. The van der Waals surface area contributed by atoms with E-state index in [9.17, 15) is 27.6 Å². The fourth-order valence-electron chi connectivity index (χ4n) is 4.29. The van der Waals surface area contributed by atoms with Crippen molar-refractivity contribution in [3.63, 3.8) is 0 Å². The average molecular weight is 586 g/mol. The van der Waals surface area contributed by atoms with Crippen molar-refractivity contribution in [3.8, 4) is 11.3 Å². The number of methoxy groups -OCH3 is 1. The molecule has 0 spiro atoms. The number of carbonyl (C=O) groups excluding carboxylic acids is 3. The van der Waals surface area contributed by atoms with Crippen LogP contribution in [-0.4, -0.2) is 39.8 Å². The summed E-state index contributed by atoms with van der Waals surface area (Å²) in [7, 11) is 1.21. The lowest BCUT2D eigenvalue weighted by atomic mass is 10.0. The summed E-state index contributed by atoms with van der Waals surface area (Å²) in [5.74, 6) is -1.57. The van der Waals surface area contributed by atoms with Gasteiger partial charge in [-0.25, -0.2) is 9.78 Å². The van der Waals surface area contributed by atoms with Gasteiger partial charge >= 0.3 is 12.1 Å². The van der Waals surface area contributed by atoms with Crippen molar-refractivity contribution in [1.29, 1.82) is 0 Å². The highest BCUT2D eigenvalue weighted by Gasteiger charge is 2.30. The van der Waals surface area contributed by atoms with Crippen molar-refractivity contribution in [2.45, 2.75) is 12.2 Å². The van der Waals surface area contributed by atoms with Gasteiger partial charge in [-0.3, -0.25) is 19.6 Å². The first kappa shape index (κ1) is 28.9. The monoisotopic (exact) mass is 585 g/mol. The molecule has 1 unspecified atom stereocenters. The van der Waals surface area contributed by atoms with Gasteiger partial charge in [0.15, 0.2) is 6.04 Å². The van der Waals surface area contributed by atoms with Crippen LogP contribution in [0.15, 0.2) is 97.3 Å². The molecular weight excluding hydrogens is 563 g/mol. The fraction of sp³-hybridized carbons (Fsp3) is 0.0968. The molecule has 5 aromatic rings. The van der Waals surface area contributed by atoms with E-state index in [4.69, 9.17) is 4.74 Å². The number of benzene rings is 2. The molecule has 2 aromatic carbocycles. The normalized spacial score (nSPS) is 11.9. The number of hydrogen-bond donors (Lipinski definition) is 2. The summed E-state index contributed by atoms with van der Waals surface area (Å²) in [6.45, 7) is 0. The number of esters is 1. The van der Waals surface area contributed by atoms with Crippen LogP contribution in [0.4, 0.5) is 19.0 Å². The van der Waals surface area contributed by atoms with Gasteiger partial charge in [0.2, 0.25) is 0 Å². The maximum atomic E-state index is 13.1. The second-order valence-electron chi connectivity index (χ2n) is 9.22. The summed E-state index contributed by atoms with van der Waals surface area (Å²) in [4.78, 5) is 51.2. The molecule has 12 heteroatoms. The summed E-state index contributed by atoms with van der Waals surface area (Å²) >= 11 is 0. The van der Waals surface area contributed by atoms with Crippen LogP contribution < -0.4 is 10.6 Å². The molecule has 0 aliphatic rings. The molecule has 43 heavy (non-hydrogen) atoms. The van der Waals surface area contributed by atoms with E-state index in [1.54, 1.807) is 48.5 Å². The van der Waals surface area contributed by atoms with E-state index < -0.39 is 35.6 Å². The summed E-state index contributed by atoms with van der Waals surface area (Å²) in [6.07, 6.45) is -1.55. The van der Waals surface area contributed by atoms with Crippen molar-refractivity contribution in [2.24, 2.45) is 0 Å². The highest BCUT2D eigenvalue weighted by atomic mass is 19.4. The summed E-state index contributed by atoms with van der Waals surface area (Å²) in [5.41, 5.74) is 0.931. The number of nitrogens with zero attached hydrogens (tertiary/aromatic N) is 3. The Hall–Kier alpha value is -5.65. The molecule has 1 atom stereocenters. The number of fused-ring (bicyclic) bond motifs is 1. The molecule has 2 amide bonds. The van der Waals surface area contributed by atoms with Crippen LogP contribution in [0.25, 0.3) is 22.2 Å². The van der Waals surface area contributed by atoms with Crippen molar-refractivity contribution < 1.29 is 32.3 Å². The minimum atomic E-state index is -4.49. The van der Waals surface area contributed by atoms with Crippen LogP contribution >= 0.6 is 0 Å². The van der Waals surface area contributed by atoms with Crippen LogP contribution in [0.3, 0.4) is 0 Å². The molecule has 5 rings (SSSR count). The largest absolute Gasteiger partial charge is 0.467 e. The van der Waals surface area contributed by atoms with Crippen LogP contribution in [0, 0.1) is 0 Å². The van der Waals surface area contributed by atoms with Gasteiger partial charge < -0.3 is 15.4 Å². The number of rotatable bonds is 7. The van der Waals surface area contributed by atoms with Crippen molar-refractivity contribution in [1.82, 2.24) is 20.3 Å². The standard InChI is InChI=1S/C31H22F3N5O4/c1-43-30(42)27(24-6-2-3-15-35-24)39-28(40)20-9-13-23-19(17-20)10-14-25(37-23)38-29(41)22-5-4-16-36-26(22)18-7-11-21(12-8-18)31(32,33)34/h2-17,27H,1H3,(H,39,40)(H,37,38,41). The Morgan fingerprint density at radius 1 is 0.837 bits per heavy atom. The Morgan fingerprint density at radius 2 is 1.60 bits per heavy atom. The Labute approximate surface area is 242 Å². The SMILES string of the molecule is COC(=O)C(NC(=O)c1ccc2nc(NC(=O)c3cccnc3-c3ccc(C(F)(F)F)cc3)ccc2c1)c1ccccn1. The number of carbonyl (C=O) groups is 3. The minimum Gasteiger partial charge on any atom is -0.467 e. The summed E-state index contributed by atoms with van der Waals surface area (Å²) in [6, 6.07) is 19.2. The number of pyridine rings is 3. The minimum absolute atomic E-state index is 0.143. The molecule has 9 nitrogen and oxygen atoms in total. The molecule has 0 radical (unpaired) electrons. The van der Waals surface area contributed by atoms with Crippen molar-refractivity contribution in [3.05, 3.63) is 120 Å². The molecule has 0 bridgehead atoms. The number of amides is 2. The van der Waals surface area contributed by atoms with Crippen LogP contribution in [0.5, 0.6) is 0 Å². The number of ether oxygens (including phenoxy) is 1. The average Bonchev–Trinajstić information content (AvgIpc) is 3.03. The fourth-order valence-corrected chi connectivity index (χ4v) is 4.29. The zero-order valence-electron chi connectivity index (χ0n) is 22.4. The number of aromatic nitrogens is 3. The van der Waals surface area contributed by atoms with E-state index in [0.29, 0.717) is 22.2 Å². The first-order valence-electron chi connectivity index (χ1n) is 12.8. The maximum absolute atomic E-state index is 13.1. The van der Waals surface area contributed by atoms with Gasteiger partial charge in [0, 0.05) is 28.9 Å². The Kier molecular flexibility index (Phi) is 8.10. The topological polar surface area (TPSA) is 123 Å². The van der Waals surface area contributed by atoms with E-state index in [-0.39, 0.29) is 22.6 Å². The zero-order chi connectivity index (χ0) is 30.6. The third-order valence-electron chi connectivity index (χ3n) is 6.43. The first-order chi connectivity index (χ1) is 20.6. The lowest BCUT2D eigenvalue weighted by Crippen LogP contribution is -2.35. The van der Waals surface area contributed by atoms with Crippen LogP contribution in [0.1, 0.15) is 38.0 Å².